The van der Waals surface area contributed by atoms with Crippen LogP contribution in [-0.2, 0) is 11.3 Å². The van der Waals surface area contributed by atoms with Gasteiger partial charge in [0.15, 0.2) is 11.6 Å². The molecule has 3 rings (SSSR count). The molecule has 5 heteroatoms. The molecule has 0 atom stereocenters. The molecule has 108 valence electrons. The second-order valence-electron chi connectivity index (χ2n) is 4.66. The smallest absolute Gasteiger partial charge is 0.414 e. The van der Waals surface area contributed by atoms with Crippen LogP contribution in [0.4, 0.5) is 14.9 Å². The molecule has 1 saturated heterocycles. The molecule has 0 bridgehead atoms. The Balaban J connectivity index is 1.71. The first-order valence-electron chi connectivity index (χ1n) is 6.64. The van der Waals surface area contributed by atoms with Crippen LogP contribution in [0.3, 0.4) is 0 Å². The molecular formula is C16H14FNO3. The van der Waals surface area contributed by atoms with E-state index in [-0.39, 0.29) is 5.75 Å². The third kappa shape index (κ3) is 2.97. The molecule has 1 fully saturated rings. The fourth-order valence-electron chi connectivity index (χ4n) is 2.14. The fourth-order valence-corrected chi connectivity index (χ4v) is 2.14. The average Bonchev–Trinajstić information content (AvgIpc) is 2.93. The summed E-state index contributed by atoms with van der Waals surface area (Å²) in [6.45, 7) is 1.05. The van der Waals surface area contributed by atoms with Gasteiger partial charge in [-0.3, -0.25) is 4.90 Å². The molecule has 2 aromatic rings. The van der Waals surface area contributed by atoms with Crippen LogP contribution >= 0.6 is 0 Å². The summed E-state index contributed by atoms with van der Waals surface area (Å²) in [5.41, 5.74) is 1.44. The van der Waals surface area contributed by atoms with Crippen LogP contribution in [0.1, 0.15) is 5.56 Å². The predicted octanol–water partition coefficient (Wildman–Crippen LogP) is 3.36. The topological polar surface area (TPSA) is 38.8 Å². The number of rotatable bonds is 4. The highest BCUT2D eigenvalue weighted by Gasteiger charge is 2.24. The van der Waals surface area contributed by atoms with E-state index in [2.05, 4.69) is 0 Å². The highest BCUT2D eigenvalue weighted by molar-refractivity contribution is 5.89. The Morgan fingerprint density at radius 3 is 2.67 bits per heavy atom. The van der Waals surface area contributed by atoms with Crippen LogP contribution in [0.2, 0.25) is 0 Å². The van der Waals surface area contributed by atoms with E-state index in [4.69, 9.17) is 9.47 Å². The zero-order valence-corrected chi connectivity index (χ0v) is 11.3. The van der Waals surface area contributed by atoms with Crippen molar-refractivity contribution in [2.75, 3.05) is 18.1 Å². The van der Waals surface area contributed by atoms with Crippen molar-refractivity contribution in [1.29, 1.82) is 0 Å². The molecule has 0 radical (unpaired) electrons. The number of hydrogen-bond acceptors (Lipinski definition) is 3. The van der Waals surface area contributed by atoms with Gasteiger partial charge in [-0.05, 0) is 17.7 Å². The van der Waals surface area contributed by atoms with E-state index < -0.39 is 11.9 Å². The lowest BCUT2D eigenvalue weighted by Crippen LogP contribution is -2.23. The number of hydrogen-bond donors (Lipinski definition) is 0. The first-order chi connectivity index (χ1) is 10.2. The van der Waals surface area contributed by atoms with Crippen LogP contribution in [0.5, 0.6) is 5.75 Å². The fraction of sp³-hybridized carbons (Fsp3) is 0.188. The largest absolute Gasteiger partial charge is 0.486 e. The van der Waals surface area contributed by atoms with Crippen molar-refractivity contribution < 1.29 is 18.7 Å². The maximum absolute atomic E-state index is 14.0. The molecule has 1 aliphatic rings. The number of nitrogens with zero attached hydrogens (tertiary/aromatic N) is 1. The Morgan fingerprint density at radius 1 is 1.19 bits per heavy atom. The predicted molar refractivity (Wildman–Crippen MR) is 75.9 cm³/mol. The van der Waals surface area contributed by atoms with E-state index in [0.29, 0.717) is 25.4 Å². The van der Waals surface area contributed by atoms with Gasteiger partial charge in [-0.2, -0.15) is 0 Å². The zero-order valence-electron chi connectivity index (χ0n) is 11.3. The molecule has 0 aliphatic carbocycles. The highest BCUT2D eigenvalue weighted by atomic mass is 19.1. The number of cyclic esters (lactones) is 1. The lowest BCUT2D eigenvalue weighted by atomic mass is 10.2. The summed E-state index contributed by atoms with van der Waals surface area (Å²) < 4.78 is 24.3. The monoisotopic (exact) mass is 287 g/mol. The second-order valence-corrected chi connectivity index (χ2v) is 4.66. The van der Waals surface area contributed by atoms with E-state index in [1.54, 1.807) is 6.07 Å². The number of amides is 1. The molecule has 0 saturated carbocycles. The van der Waals surface area contributed by atoms with Gasteiger partial charge in [-0.1, -0.05) is 30.3 Å². The van der Waals surface area contributed by atoms with Crippen molar-refractivity contribution in [2.24, 2.45) is 0 Å². The second kappa shape index (κ2) is 5.83. The number of anilines is 1. The van der Waals surface area contributed by atoms with E-state index in [1.807, 2.05) is 30.3 Å². The molecule has 4 nitrogen and oxygen atoms in total. The zero-order chi connectivity index (χ0) is 14.7. The minimum absolute atomic E-state index is 0.162. The molecule has 0 aromatic heterocycles. The van der Waals surface area contributed by atoms with E-state index in [0.717, 1.165) is 5.56 Å². The van der Waals surface area contributed by atoms with Crippen LogP contribution < -0.4 is 9.64 Å². The van der Waals surface area contributed by atoms with Gasteiger partial charge >= 0.3 is 6.09 Å². The Hall–Kier alpha value is -2.56. The molecule has 1 heterocycles. The summed E-state index contributed by atoms with van der Waals surface area (Å²) in [5, 5.41) is 0. The van der Waals surface area contributed by atoms with Gasteiger partial charge in [0.25, 0.3) is 0 Å². The number of carbonyl (C=O) groups is 1. The normalized spacial score (nSPS) is 14.1. The summed E-state index contributed by atoms with van der Waals surface area (Å²) in [5.74, 6) is -0.335. The summed E-state index contributed by atoms with van der Waals surface area (Å²) in [6.07, 6.45) is -0.452. The standard InChI is InChI=1S/C16H14FNO3/c17-14-10-13(18-8-9-20-16(18)19)6-7-15(14)21-11-12-4-2-1-3-5-12/h1-7,10H,8-9,11H2. The first-order valence-corrected chi connectivity index (χ1v) is 6.64. The molecule has 1 aliphatic heterocycles. The Morgan fingerprint density at radius 2 is 2.00 bits per heavy atom. The molecule has 1 amide bonds. The van der Waals surface area contributed by atoms with Crippen LogP contribution in [0.15, 0.2) is 48.5 Å². The minimum atomic E-state index is -0.497. The number of ether oxygens (including phenoxy) is 2. The molecule has 0 N–H and O–H groups in total. The lowest BCUT2D eigenvalue weighted by Gasteiger charge is -2.14. The summed E-state index contributed by atoms with van der Waals surface area (Å²) in [7, 11) is 0. The maximum Gasteiger partial charge on any atom is 0.414 e. The Bertz CT molecular complexity index is 645. The van der Waals surface area contributed by atoms with Crippen molar-refractivity contribution in [2.45, 2.75) is 6.61 Å². The van der Waals surface area contributed by atoms with Crippen molar-refractivity contribution in [3.05, 3.63) is 59.9 Å². The third-order valence-electron chi connectivity index (χ3n) is 3.23. The van der Waals surface area contributed by atoms with Gasteiger partial charge in [-0.15, -0.1) is 0 Å². The van der Waals surface area contributed by atoms with Crippen molar-refractivity contribution >= 4 is 11.8 Å². The van der Waals surface area contributed by atoms with Gasteiger partial charge in [0.1, 0.15) is 13.2 Å². The molecule has 2 aromatic carbocycles. The Kier molecular flexibility index (Phi) is 3.73. The lowest BCUT2D eigenvalue weighted by molar-refractivity contribution is 0.181. The maximum atomic E-state index is 14.0. The Labute approximate surface area is 121 Å². The SMILES string of the molecule is O=C1OCCN1c1ccc(OCc2ccccc2)c(F)c1. The molecule has 0 spiro atoms. The van der Waals surface area contributed by atoms with E-state index in [1.165, 1.54) is 17.0 Å². The molecule has 0 unspecified atom stereocenters. The van der Waals surface area contributed by atoms with Crippen molar-refractivity contribution in [3.63, 3.8) is 0 Å². The van der Waals surface area contributed by atoms with Gasteiger partial charge in [0.2, 0.25) is 0 Å². The minimum Gasteiger partial charge on any atom is -0.486 e. The number of halogens is 1. The van der Waals surface area contributed by atoms with Gasteiger partial charge in [0.05, 0.1) is 12.2 Å². The third-order valence-corrected chi connectivity index (χ3v) is 3.23. The highest BCUT2D eigenvalue weighted by Crippen LogP contribution is 2.26. The summed E-state index contributed by atoms with van der Waals surface area (Å²) >= 11 is 0. The van der Waals surface area contributed by atoms with Gasteiger partial charge in [0, 0.05) is 6.07 Å². The number of carbonyl (C=O) groups excluding carboxylic acids is 1. The first kappa shape index (κ1) is 13.4. The number of benzene rings is 2. The van der Waals surface area contributed by atoms with Gasteiger partial charge < -0.3 is 9.47 Å². The average molecular weight is 287 g/mol. The summed E-state index contributed by atoms with van der Waals surface area (Å²) in [4.78, 5) is 12.8. The van der Waals surface area contributed by atoms with Crippen LogP contribution in [0.25, 0.3) is 0 Å². The summed E-state index contributed by atoms with van der Waals surface area (Å²) in [6, 6.07) is 14.0. The molecular weight excluding hydrogens is 273 g/mol. The van der Waals surface area contributed by atoms with Gasteiger partial charge in [-0.25, -0.2) is 9.18 Å². The van der Waals surface area contributed by atoms with Crippen LogP contribution in [0, 0.1) is 5.82 Å². The van der Waals surface area contributed by atoms with E-state index in [9.17, 15) is 9.18 Å². The quantitative estimate of drug-likeness (QED) is 0.865. The molecule has 21 heavy (non-hydrogen) atoms. The van der Waals surface area contributed by atoms with Crippen molar-refractivity contribution in [3.8, 4) is 5.75 Å². The van der Waals surface area contributed by atoms with Crippen molar-refractivity contribution in [1.82, 2.24) is 0 Å². The van der Waals surface area contributed by atoms with Crippen LogP contribution in [-0.4, -0.2) is 19.2 Å². The van der Waals surface area contributed by atoms with E-state index >= 15 is 0 Å².